The van der Waals surface area contributed by atoms with Crippen LogP contribution in [0, 0.1) is 22.7 Å². The number of hydrogen-bond acceptors (Lipinski definition) is 4. The highest BCUT2D eigenvalue weighted by Crippen LogP contribution is 2.50. The van der Waals surface area contributed by atoms with Crippen LogP contribution in [0.4, 0.5) is 34.1 Å². The molecule has 0 unspecified atom stereocenters. The Bertz CT molecular complexity index is 2410. The second kappa shape index (κ2) is 12.8. The molecule has 0 fully saturated rings. The first kappa shape index (κ1) is 30.7. The first-order chi connectivity index (χ1) is 24.7. The van der Waals surface area contributed by atoms with Crippen molar-refractivity contribution in [3.05, 3.63) is 168 Å². The maximum absolute atomic E-state index is 10.3. The molecule has 4 heteroatoms. The van der Waals surface area contributed by atoms with Crippen molar-refractivity contribution in [2.75, 3.05) is 9.80 Å². The zero-order valence-electron chi connectivity index (χ0n) is 28.1. The molecule has 0 aliphatic heterocycles. The summed E-state index contributed by atoms with van der Waals surface area (Å²) in [6.07, 6.45) is 1.70. The minimum absolute atomic E-state index is 0.616. The van der Waals surface area contributed by atoms with Crippen LogP contribution in [0.3, 0.4) is 0 Å². The van der Waals surface area contributed by atoms with Gasteiger partial charge in [-0.15, -0.1) is 0 Å². The van der Waals surface area contributed by atoms with Crippen LogP contribution in [0.5, 0.6) is 0 Å². The van der Waals surface area contributed by atoms with Gasteiger partial charge in [-0.1, -0.05) is 98.8 Å². The third-order valence-corrected chi connectivity index (χ3v) is 9.83. The standard InChI is InChI=1S/C46H34N4/c1-3-31-27-43(49(35-17-7-5-8-18-35)41-21-13-11-15-33(41)29-47)39-26-24-38-32(4-2)28-44(40-25-23-37(31)45(39)46(38)40)50(36-19-9-6-10-20-36)42-22-14-12-16-34(42)30-48/h5-28H,3-4H2,1-2H3. The summed E-state index contributed by atoms with van der Waals surface area (Å²) in [6, 6.07) is 54.9. The van der Waals surface area contributed by atoms with Gasteiger partial charge in [0.2, 0.25) is 0 Å². The second-order valence-corrected chi connectivity index (χ2v) is 12.5. The molecule has 0 aliphatic rings. The number of nitriles is 2. The molecular formula is C46H34N4. The van der Waals surface area contributed by atoms with E-state index in [0.29, 0.717) is 11.1 Å². The highest BCUT2D eigenvalue weighted by Gasteiger charge is 2.25. The second-order valence-electron chi connectivity index (χ2n) is 12.5. The Hall–Kier alpha value is -6.62. The Morgan fingerprint density at radius 2 is 0.780 bits per heavy atom. The van der Waals surface area contributed by atoms with E-state index in [0.717, 1.165) is 57.7 Å². The van der Waals surface area contributed by atoms with Crippen molar-refractivity contribution in [1.82, 2.24) is 0 Å². The third-order valence-electron chi connectivity index (χ3n) is 9.83. The normalized spacial score (nSPS) is 11.1. The summed E-state index contributed by atoms with van der Waals surface area (Å²) in [6.45, 7) is 4.43. The van der Waals surface area contributed by atoms with Crippen LogP contribution in [0.2, 0.25) is 0 Å². The molecule has 0 aromatic heterocycles. The summed E-state index contributed by atoms with van der Waals surface area (Å²) in [5, 5.41) is 27.6. The van der Waals surface area contributed by atoms with Crippen molar-refractivity contribution in [2.24, 2.45) is 0 Å². The van der Waals surface area contributed by atoms with Gasteiger partial charge in [0.05, 0.1) is 33.9 Å². The first-order valence-corrected chi connectivity index (χ1v) is 17.1. The smallest absolute Gasteiger partial charge is 0.101 e. The Morgan fingerprint density at radius 3 is 1.16 bits per heavy atom. The lowest BCUT2D eigenvalue weighted by molar-refractivity contribution is 1.15. The molecule has 8 rings (SSSR count). The predicted molar refractivity (Wildman–Crippen MR) is 208 cm³/mol. The molecule has 0 bridgehead atoms. The maximum atomic E-state index is 10.3. The van der Waals surface area contributed by atoms with Crippen LogP contribution in [0.15, 0.2) is 146 Å². The van der Waals surface area contributed by atoms with E-state index < -0.39 is 0 Å². The Kier molecular flexibility index (Phi) is 7.84. The van der Waals surface area contributed by atoms with Gasteiger partial charge in [0.1, 0.15) is 12.1 Å². The van der Waals surface area contributed by atoms with Gasteiger partial charge in [0, 0.05) is 22.1 Å². The van der Waals surface area contributed by atoms with E-state index in [1.165, 1.54) is 32.7 Å². The molecule has 0 spiro atoms. The van der Waals surface area contributed by atoms with Crippen molar-refractivity contribution in [2.45, 2.75) is 26.7 Å². The summed E-state index contributed by atoms with van der Waals surface area (Å²) in [7, 11) is 0. The van der Waals surface area contributed by atoms with Crippen molar-refractivity contribution >= 4 is 66.4 Å². The number of rotatable bonds is 8. The fourth-order valence-electron chi connectivity index (χ4n) is 7.55. The molecule has 4 nitrogen and oxygen atoms in total. The fraction of sp³-hybridized carbons (Fsp3) is 0.0870. The van der Waals surface area contributed by atoms with Crippen molar-refractivity contribution in [3.63, 3.8) is 0 Å². The van der Waals surface area contributed by atoms with Crippen molar-refractivity contribution in [1.29, 1.82) is 10.5 Å². The molecule has 50 heavy (non-hydrogen) atoms. The lowest BCUT2D eigenvalue weighted by Gasteiger charge is -2.31. The monoisotopic (exact) mass is 642 g/mol. The van der Waals surface area contributed by atoms with Gasteiger partial charge >= 0.3 is 0 Å². The van der Waals surface area contributed by atoms with Gasteiger partial charge in [-0.3, -0.25) is 0 Å². The highest BCUT2D eigenvalue weighted by atomic mass is 15.2. The molecule has 0 N–H and O–H groups in total. The van der Waals surface area contributed by atoms with Gasteiger partial charge in [-0.05, 0) is 106 Å². The van der Waals surface area contributed by atoms with Gasteiger partial charge in [-0.2, -0.15) is 10.5 Å². The average molecular weight is 643 g/mol. The topological polar surface area (TPSA) is 54.1 Å². The number of aryl methyl sites for hydroxylation is 2. The van der Waals surface area contributed by atoms with Gasteiger partial charge in [0.25, 0.3) is 0 Å². The first-order valence-electron chi connectivity index (χ1n) is 17.1. The van der Waals surface area contributed by atoms with Gasteiger partial charge in [-0.25, -0.2) is 0 Å². The number of hydrogen-bond donors (Lipinski definition) is 0. The molecule has 8 aromatic rings. The Balaban J connectivity index is 1.52. The molecule has 238 valence electrons. The molecule has 0 saturated carbocycles. The lowest BCUT2D eigenvalue weighted by atomic mass is 9.86. The molecule has 0 amide bonds. The van der Waals surface area contributed by atoms with Crippen LogP contribution < -0.4 is 9.80 Å². The van der Waals surface area contributed by atoms with Crippen LogP contribution in [-0.2, 0) is 12.8 Å². The van der Waals surface area contributed by atoms with Crippen molar-refractivity contribution in [3.8, 4) is 12.1 Å². The number of nitrogens with zero attached hydrogens (tertiary/aromatic N) is 4. The molecule has 8 aromatic carbocycles. The van der Waals surface area contributed by atoms with E-state index in [2.05, 4.69) is 96.4 Å². The molecule has 0 radical (unpaired) electrons. The average Bonchev–Trinajstić information content (AvgIpc) is 3.18. The molecular weight excluding hydrogens is 609 g/mol. The van der Waals surface area contributed by atoms with Crippen LogP contribution in [0.1, 0.15) is 36.1 Å². The van der Waals surface area contributed by atoms with Crippen LogP contribution in [-0.4, -0.2) is 0 Å². The minimum atomic E-state index is 0.616. The van der Waals surface area contributed by atoms with Gasteiger partial charge in [0.15, 0.2) is 0 Å². The third kappa shape index (κ3) is 4.90. The SMILES string of the molecule is CCc1cc(N(c2ccccc2)c2ccccc2C#N)c2ccc3c(CC)cc(N(c4ccccc4)c4ccccc4C#N)c4ccc1c2c34. The molecule has 0 aliphatic carbocycles. The number of para-hydroxylation sites is 4. The largest absolute Gasteiger partial charge is 0.309 e. The van der Waals surface area contributed by atoms with E-state index in [1.54, 1.807) is 0 Å². The molecule has 0 heterocycles. The molecule has 0 saturated heterocycles. The lowest BCUT2D eigenvalue weighted by Crippen LogP contribution is -2.14. The van der Waals surface area contributed by atoms with E-state index in [-0.39, 0.29) is 0 Å². The van der Waals surface area contributed by atoms with Crippen LogP contribution in [0.25, 0.3) is 32.3 Å². The van der Waals surface area contributed by atoms with Crippen molar-refractivity contribution < 1.29 is 0 Å². The summed E-state index contributed by atoms with van der Waals surface area (Å²) in [5.74, 6) is 0. The summed E-state index contributed by atoms with van der Waals surface area (Å²) in [4.78, 5) is 4.48. The van der Waals surface area contributed by atoms with E-state index in [4.69, 9.17) is 0 Å². The minimum Gasteiger partial charge on any atom is -0.309 e. The van der Waals surface area contributed by atoms with E-state index in [9.17, 15) is 10.5 Å². The zero-order chi connectivity index (χ0) is 34.2. The summed E-state index contributed by atoms with van der Waals surface area (Å²) < 4.78 is 0. The van der Waals surface area contributed by atoms with E-state index >= 15 is 0 Å². The Labute approximate surface area is 292 Å². The zero-order valence-corrected chi connectivity index (χ0v) is 28.1. The summed E-state index contributed by atoms with van der Waals surface area (Å²) in [5.41, 5.74) is 9.47. The fourth-order valence-corrected chi connectivity index (χ4v) is 7.55. The number of anilines is 6. The van der Waals surface area contributed by atoms with E-state index in [1.807, 2.05) is 84.9 Å². The maximum Gasteiger partial charge on any atom is 0.101 e. The highest BCUT2D eigenvalue weighted by molar-refractivity contribution is 6.29. The quantitative estimate of drug-likeness (QED) is 0.155. The predicted octanol–water partition coefficient (Wildman–Crippen LogP) is 12.4. The summed E-state index contributed by atoms with van der Waals surface area (Å²) >= 11 is 0. The van der Waals surface area contributed by atoms with Crippen LogP contribution >= 0.6 is 0 Å². The molecule has 0 atom stereocenters. The Morgan fingerprint density at radius 1 is 0.420 bits per heavy atom. The van der Waals surface area contributed by atoms with Gasteiger partial charge < -0.3 is 9.80 Å². The number of benzene rings is 8.